The third kappa shape index (κ3) is 1.62. The van der Waals surface area contributed by atoms with Gasteiger partial charge in [0.05, 0.1) is 5.69 Å². The quantitative estimate of drug-likeness (QED) is 0.680. The van der Waals surface area contributed by atoms with E-state index in [9.17, 15) is 0 Å². The van der Waals surface area contributed by atoms with Gasteiger partial charge in [0.25, 0.3) is 0 Å². The topological polar surface area (TPSA) is 17.8 Å². The lowest BCUT2D eigenvalue weighted by molar-refractivity contribution is 0.442. The highest BCUT2D eigenvalue weighted by Crippen LogP contribution is 2.26. The van der Waals surface area contributed by atoms with E-state index >= 15 is 0 Å². The molecule has 1 aromatic heterocycles. The van der Waals surface area contributed by atoms with Crippen LogP contribution in [-0.2, 0) is 19.4 Å². The second-order valence-corrected chi connectivity index (χ2v) is 3.97. The Bertz CT molecular complexity index is 288. The van der Waals surface area contributed by atoms with Crippen LogP contribution in [0.4, 0.5) is 0 Å². The number of aromatic nitrogens is 2. The van der Waals surface area contributed by atoms with E-state index in [1.807, 2.05) is 0 Å². The highest BCUT2D eigenvalue weighted by molar-refractivity contribution is 5.20. The molecule has 0 saturated heterocycles. The first kappa shape index (κ1) is 8.79. The van der Waals surface area contributed by atoms with Crippen LogP contribution in [0, 0.1) is 5.92 Å². The van der Waals surface area contributed by atoms with Crippen molar-refractivity contribution in [3.8, 4) is 0 Å². The second kappa shape index (κ2) is 3.52. The van der Waals surface area contributed by atoms with Gasteiger partial charge >= 0.3 is 0 Å². The molecule has 1 heterocycles. The van der Waals surface area contributed by atoms with Gasteiger partial charge in [-0.3, -0.25) is 4.68 Å². The smallest absolute Gasteiger partial charge is 0.0656 e. The van der Waals surface area contributed by atoms with Crippen LogP contribution in [0.2, 0.25) is 0 Å². The molecule has 1 aromatic rings. The van der Waals surface area contributed by atoms with Gasteiger partial charge in [0.2, 0.25) is 0 Å². The third-order valence-electron chi connectivity index (χ3n) is 3.12. The molecule has 13 heavy (non-hydrogen) atoms. The fourth-order valence-electron chi connectivity index (χ4n) is 2.15. The van der Waals surface area contributed by atoms with Crippen LogP contribution in [0.5, 0.6) is 0 Å². The van der Waals surface area contributed by atoms with E-state index in [1.54, 1.807) is 0 Å². The normalized spacial score (nSPS) is 21.5. The first-order valence-electron chi connectivity index (χ1n) is 5.38. The summed E-state index contributed by atoms with van der Waals surface area (Å²) >= 11 is 0. The Kier molecular flexibility index (Phi) is 2.38. The average molecular weight is 178 g/mol. The summed E-state index contributed by atoms with van der Waals surface area (Å²) in [6.45, 7) is 5.44. The molecule has 0 amide bonds. The Balaban J connectivity index is 2.19. The zero-order valence-corrected chi connectivity index (χ0v) is 8.58. The number of hydrogen-bond donors (Lipinski definition) is 0. The predicted molar refractivity (Wildman–Crippen MR) is 53.7 cm³/mol. The minimum absolute atomic E-state index is 0.905. The van der Waals surface area contributed by atoms with Crippen molar-refractivity contribution in [2.45, 2.75) is 46.1 Å². The van der Waals surface area contributed by atoms with Crippen molar-refractivity contribution in [2.24, 2.45) is 5.92 Å². The molecule has 0 aliphatic heterocycles. The lowest BCUT2D eigenvalue weighted by Gasteiger charge is -2.18. The van der Waals surface area contributed by atoms with Gasteiger partial charge in [-0.25, -0.2) is 0 Å². The van der Waals surface area contributed by atoms with Crippen LogP contribution < -0.4 is 0 Å². The number of fused-ring (bicyclic) bond motifs is 1. The van der Waals surface area contributed by atoms with Gasteiger partial charge in [-0.1, -0.05) is 13.3 Å². The van der Waals surface area contributed by atoms with Crippen molar-refractivity contribution in [3.63, 3.8) is 0 Å². The van der Waals surface area contributed by atoms with Crippen LogP contribution in [-0.4, -0.2) is 9.78 Å². The zero-order valence-electron chi connectivity index (χ0n) is 8.58. The van der Waals surface area contributed by atoms with Crippen molar-refractivity contribution >= 4 is 0 Å². The lowest BCUT2D eigenvalue weighted by atomic mass is 9.86. The Morgan fingerprint density at radius 1 is 1.54 bits per heavy atom. The Morgan fingerprint density at radius 2 is 2.38 bits per heavy atom. The van der Waals surface area contributed by atoms with Gasteiger partial charge in [-0.15, -0.1) is 0 Å². The number of nitrogens with zero attached hydrogens (tertiary/aromatic N) is 2. The number of hydrogen-bond acceptors (Lipinski definition) is 1. The summed E-state index contributed by atoms with van der Waals surface area (Å²) in [4.78, 5) is 0. The maximum Gasteiger partial charge on any atom is 0.0656 e. The summed E-state index contributed by atoms with van der Waals surface area (Å²) in [7, 11) is 0. The van der Waals surface area contributed by atoms with E-state index in [0.29, 0.717) is 0 Å². The highest BCUT2D eigenvalue weighted by Gasteiger charge is 2.19. The summed E-state index contributed by atoms with van der Waals surface area (Å²) in [5.74, 6) is 0.905. The van der Waals surface area contributed by atoms with E-state index in [-0.39, 0.29) is 0 Å². The molecule has 0 N–H and O–H groups in total. The first-order valence-corrected chi connectivity index (χ1v) is 5.38. The molecular formula is C11H18N2. The minimum atomic E-state index is 0.905. The Morgan fingerprint density at radius 3 is 3.08 bits per heavy atom. The number of rotatable bonds is 2. The molecule has 1 atom stereocenters. The highest BCUT2D eigenvalue weighted by atomic mass is 15.3. The van der Waals surface area contributed by atoms with Gasteiger partial charge in [0.15, 0.2) is 0 Å². The molecule has 0 fully saturated rings. The predicted octanol–water partition coefficient (Wildman–Crippen LogP) is 2.42. The molecule has 2 nitrogen and oxygen atoms in total. The van der Waals surface area contributed by atoms with E-state index < -0.39 is 0 Å². The SMILES string of the molecule is CCC1CCc2nn(CC)cc2C1. The molecule has 0 saturated carbocycles. The average Bonchev–Trinajstić information content (AvgIpc) is 2.58. The maximum absolute atomic E-state index is 4.55. The molecule has 1 aliphatic rings. The van der Waals surface area contributed by atoms with Crippen LogP contribution >= 0.6 is 0 Å². The summed E-state index contributed by atoms with van der Waals surface area (Å²) < 4.78 is 2.07. The van der Waals surface area contributed by atoms with Crippen LogP contribution in [0.15, 0.2) is 6.20 Å². The monoisotopic (exact) mass is 178 g/mol. The van der Waals surface area contributed by atoms with Crippen molar-refractivity contribution < 1.29 is 0 Å². The Labute approximate surface area is 80.0 Å². The molecule has 1 aliphatic carbocycles. The lowest BCUT2D eigenvalue weighted by Crippen LogP contribution is -2.12. The summed E-state index contributed by atoms with van der Waals surface area (Å²) in [5.41, 5.74) is 2.85. The van der Waals surface area contributed by atoms with Gasteiger partial charge < -0.3 is 0 Å². The van der Waals surface area contributed by atoms with Crippen molar-refractivity contribution in [1.29, 1.82) is 0 Å². The number of aryl methyl sites for hydroxylation is 2. The molecule has 72 valence electrons. The van der Waals surface area contributed by atoms with Gasteiger partial charge in [-0.05, 0) is 37.7 Å². The molecule has 1 unspecified atom stereocenters. The van der Waals surface area contributed by atoms with E-state index in [0.717, 1.165) is 12.5 Å². The minimum Gasteiger partial charge on any atom is -0.272 e. The van der Waals surface area contributed by atoms with Crippen LogP contribution in [0.3, 0.4) is 0 Å². The maximum atomic E-state index is 4.55. The van der Waals surface area contributed by atoms with Crippen LogP contribution in [0.1, 0.15) is 37.9 Å². The third-order valence-corrected chi connectivity index (χ3v) is 3.12. The first-order chi connectivity index (χ1) is 6.33. The molecular weight excluding hydrogens is 160 g/mol. The van der Waals surface area contributed by atoms with Gasteiger partial charge in [0.1, 0.15) is 0 Å². The summed E-state index contributed by atoms with van der Waals surface area (Å²) in [6, 6.07) is 0. The fraction of sp³-hybridized carbons (Fsp3) is 0.727. The van der Waals surface area contributed by atoms with Gasteiger partial charge in [0, 0.05) is 12.7 Å². The van der Waals surface area contributed by atoms with E-state index in [1.165, 1.54) is 36.9 Å². The largest absolute Gasteiger partial charge is 0.272 e. The van der Waals surface area contributed by atoms with E-state index in [2.05, 4.69) is 29.8 Å². The van der Waals surface area contributed by atoms with Crippen molar-refractivity contribution in [3.05, 3.63) is 17.5 Å². The molecule has 0 bridgehead atoms. The Hall–Kier alpha value is -0.790. The van der Waals surface area contributed by atoms with Crippen molar-refractivity contribution in [1.82, 2.24) is 9.78 Å². The fourth-order valence-corrected chi connectivity index (χ4v) is 2.15. The zero-order chi connectivity index (χ0) is 9.26. The van der Waals surface area contributed by atoms with Gasteiger partial charge in [-0.2, -0.15) is 5.10 Å². The molecule has 2 rings (SSSR count). The second-order valence-electron chi connectivity index (χ2n) is 3.97. The summed E-state index contributed by atoms with van der Waals surface area (Å²) in [5, 5.41) is 4.55. The molecule has 2 heteroatoms. The molecule has 0 radical (unpaired) electrons. The van der Waals surface area contributed by atoms with E-state index in [4.69, 9.17) is 0 Å². The van der Waals surface area contributed by atoms with Crippen LogP contribution in [0.25, 0.3) is 0 Å². The summed E-state index contributed by atoms with van der Waals surface area (Å²) in [6.07, 6.45) is 7.34. The standard InChI is InChI=1S/C11H18N2/c1-3-9-5-6-11-10(7-9)8-13(4-2)12-11/h8-9H,3-7H2,1-2H3. The van der Waals surface area contributed by atoms with Crippen molar-refractivity contribution in [2.75, 3.05) is 0 Å². The molecule has 0 spiro atoms. The molecule has 0 aromatic carbocycles.